The van der Waals surface area contributed by atoms with Crippen LogP contribution >= 0.6 is 11.6 Å². The van der Waals surface area contributed by atoms with Crippen molar-refractivity contribution in [1.82, 2.24) is 4.98 Å². The highest BCUT2D eigenvalue weighted by Crippen LogP contribution is 2.29. The summed E-state index contributed by atoms with van der Waals surface area (Å²) in [6, 6.07) is 4.96. The third-order valence-corrected chi connectivity index (χ3v) is 3.02. The molecule has 17 heavy (non-hydrogen) atoms. The van der Waals surface area contributed by atoms with Crippen LogP contribution in [0.5, 0.6) is 0 Å². The number of benzene rings is 1. The first-order chi connectivity index (χ1) is 8.02. The van der Waals surface area contributed by atoms with Crippen LogP contribution in [-0.2, 0) is 0 Å². The predicted octanol–water partition coefficient (Wildman–Crippen LogP) is 4.19. The fraction of sp³-hybridized carbons (Fsp3) is 0.308. The van der Waals surface area contributed by atoms with Crippen LogP contribution in [0.2, 0.25) is 5.02 Å². The van der Waals surface area contributed by atoms with Crippen molar-refractivity contribution in [2.45, 2.75) is 19.8 Å². The maximum atomic E-state index is 13.4. The smallest absolute Gasteiger partial charge is 0.143 e. The number of halogens is 2. The van der Waals surface area contributed by atoms with Gasteiger partial charge in [-0.05, 0) is 18.1 Å². The van der Waals surface area contributed by atoms with Crippen LogP contribution in [-0.4, -0.2) is 12.0 Å². The summed E-state index contributed by atoms with van der Waals surface area (Å²) in [6.07, 6.45) is 0. The average molecular weight is 253 g/mol. The Morgan fingerprint density at radius 1 is 1.29 bits per heavy atom. The van der Waals surface area contributed by atoms with Crippen molar-refractivity contribution in [3.05, 3.63) is 34.7 Å². The van der Waals surface area contributed by atoms with Gasteiger partial charge in [0.15, 0.2) is 0 Å². The first kappa shape index (κ1) is 12.1. The van der Waals surface area contributed by atoms with Gasteiger partial charge in [0.1, 0.15) is 5.82 Å². The summed E-state index contributed by atoms with van der Waals surface area (Å²) >= 11 is 5.79. The minimum atomic E-state index is -0.436. The summed E-state index contributed by atoms with van der Waals surface area (Å²) in [7, 11) is 1.83. The maximum absolute atomic E-state index is 13.4. The van der Waals surface area contributed by atoms with Gasteiger partial charge in [-0.25, -0.2) is 4.39 Å². The van der Waals surface area contributed by atoms with Crippen LogP contribution in [0.15, 0.2) is 18.2 Å². The van der Waals surface area contributed by atoms with Crippen LogP contribution < -0.4 is 5.32 Å². The molecule has 0 aliphatic carbocycles. The number of hydrogen-bond acceptors (Lipinski definition) is 2. The molecule has 2 nitrogen and oxygen atoms in total. The topological polar surface area (TPSA) is 24.9 Å². The highest BCUT2D eigenvalue weighted by Gasteiger charge is 2.10. The highest BCUT2D eigenvalue weighted by atomic mass is 35.5. The van der Waals surface area contributed by atoms with Gasteiger partial charge in [0.25, 0.3) is 0 Å². The quantitative estimate of drug-likeness (QED) is 0.867. The molecule has 0 saturated heterocycles. The van der Waals surface area contributed by atoms with E-state index >= 15 is 0 Å². The molecule has 0 aliphatic rings. The molecule has 0 amide bonds. The summed E-state index contributed by atoms with van der Waals surface area (Å²) in [6.45, 7) is 4.11. The molecule has 0 fully saturated rings. The number of anilines is 1. The fourth-order valence-electron chi connectivity index (χ4n) is 1.74. The van der Waals surface area contributed by atoms with E-state index in [9.17, 15) is 4.39 Å². The molecule has 1 N–H and O–H groups in total. The molecule has 0 bridgehead atoms. The van der Waals surface area contributed by atoms with Crippen LogP contribution in [0, 0.1) is 5.82 Å². The van der Waals surface area contributed by atoms with Gasteiger partial charge in [-0.1, -0.05) is 25.4 Å². The van der Waals surface area contributed by atoms with Crippen LogP contribution in [0.1, 0.15) is 25.5 Å². The first-order valence-electron chi connectivity index (χ1n) is 5.50. The summed E-state index contributed by atoms with van der Waals surface area (Å²) < 4.78 is 13.4. The van der Waals surface area contributed by atoms with E-state index in [0.717, 1.165) is 16.8 Å². The monoisotopic (exact) mass is 252 g/mol. The minimum absolute atomic E-state index is 0.119. The third-order valence-electron chi connectivity index (χ3n) is 2.73. The van der Waals surface area contributed by atoms with E-state index in [1.54, 1.807) is 6.07 Å². The Morgan fingerprint density at radius 3 is 2.59 bits per heavy atom. The predicted molar refractivity (Wildman–Crippen MR) is 70.3 cm³/mol. The summed E-state index contributed by atoms with van der Waals surface area (Å²) in [5.41, 5.74) is 2.48. The van der Waals surface area contributed by atoms with Crippen molar-refractivity contribution in [3.63, 3.8) is 0 Å². The average Bonchev–Trinajstić information content (AvgIpc) is 2.29. The van der Waals surface area contributed by atoms with Gasteiger partial charge in [0.05, 0.1) is 10.5 Å². The molecule has 0 spiro atoms. The van der Waals surface area contributed by atoms with E-state index < -0.39 is 5.82 Å². The largest absolute Gasteiger partial charge is 0.388 e. The number of nitrogens with zero attached hydrogens (tertiary/aromatic N) is 1. The summed E-state index contributed by atoms with van der Waals surface area (Å²) in [5, 5.41) is 4.05. The number of pyridine rings is 1. The molecule has 0 aliphatic heterocycles. The number of rotatable bonds is 2. The number of fused-ring (bicyclic) bond motifs is 1. The van der Waals surface area contributed by atoms with E-state index in [1.807, 2.05) is 13.1 Å². The van der Waals surface area contributed by atoms with Crippen molar-refractivity contribution in [2.75, 3.05) is 12.4 Å². The number of nitrogens with one attached hydrogen (secondary N) is 1. The van der Waals surface area contributed by atoms with E-state index in [1.165, 1.54) is 6.07 Å². The third kappa shape index (κ3) is 2.20. The lowest BCUT2D eigenvalue weighted by molar-refractivity contribution is 0.629. The van der Waals surface area contributed by atoms with E-state index in [-0.39, 0.29) is 5.02 Å². The number of hydrogen-bond donors (Lipinski definition) is 1. The molecule has 1 aromatic heterocycles. The van der Waals surface area contributed by atoms with Gasteiger partial charge in [0, 0.05) is 29.9 Å². The van der Waals surface area contributed by atoms with Crippen molar-refractivity contribution >= 4 is 28.2 Å². The second-order valence-electron chi connectivity index (χ2n) is 4.28. The number of aromatic nitrogens is 1. The highest BCUT2D eigenvalue weighted by molar-refractivity contribution is 6.31. The molecule has 90 valence electrons. The van der Waals surface area contributed by atoms with Crippen molar-refractivity contribution in [2.24, 2.45) is 0 Å². The molecular weight excluding hydrogens is 239 g/mol. The van der Waals surface area contributed by atoms with Gasteiger partial charge in [-0.15, -0.1) is 0 Å². The second-order valence-corrected chi connectivity index (χ2v) is 4.69. The normalized spacial score (nSPS) is 11.2. The van der Waals surface area contributed by atoms with Crippen LogP contribution in [0.4, 0.5) is 10.1 Å². The zero-order chi connectivity index (χ0) is 12.6. The van der Waals surface area contributed by atoms with Gasteiger partial charge >= 0.3 is 0 Å². The summed E-state index contributed by atoms with van der Waals surface area (Å²) in [4.78, 5) is 4.45. The fourth-order valence-corrected chi connectivity index (χ4v) is 1.91. The van der Waals surface area contributed by atoms with E-state index in [2.05, 4.69) is 24.1 Å². The molecule has 0 unspecified atom stereocenters. The second kappa shape index (κ2) is 4.49. The molecular formula is C13H14ClFN2. The minimum Gasteiger partial charge on any atom is -0.388 e. The Labute approximate surface area is 105 Å². The Balaban J connectivity index is 2.78. The Kier molecular flexibility index (Phi) is 3.20. The van der Waals surface area contributed by atoms with Gasteiger partial charge in [-0.3, -0.25) is 4.98 Å². The SMILES string of the molecule is CNc1cc(C(C)C)nc2cc(F)c(Cl)cc12. The first-order valence-corrected chi connectivity index (χ1v) is 5.88. The molecule has 4 heteroatoms. The van der Waals surface area contributed by atoms with E-state index in [0.29, 0.717) is 11.4 Å². The molecule has 2 aromatic rings. The van der Waals surface area contributed by atoms with Crippen LogP contribution in [0.25, 0.3) is 10.9 Å². The molecule has 1 aromatic carbocycles. The summed E-state index contributed by atoms with van der Waals surface area (Å²) in [5.74, 6) is -0.139. The lowest BCUT2D eigenvalue weighted by Gasteiger charge is -2.11. The van der Waals surface area contributed by atoms with Crippen molar-refractivity contribution in [3.8, 4) is 0 Å². The lowest BCUT2D eigenvalue weighted by Crippen LogP contribution is -1.98. The molecule has 0 atom stereocenters. The van der Waals surface area contributed by atoms with Crippen LogP contribution in [0.3, 0.4) is 0 Å². The van der Waals surface area contributed by atoms with Gasteiger partial charge in [0.2, 0.25) is 0 Å². The molecule has 2 rings (SSSR count). The van der Waals surface area contributed by atoms with E-state index in [4.69, 9.17) is 11.6 Å². The Morgan fingerprint density at radius 2 is 2.00 bits per heavy atom. The Bertz CT molecular complexity index is 567. The molecule has 1 heterocycles. The lowest BCUT2D eigenvalue weighted by atomic mass is 10.1. The molecule has 0 saturated carbocycles. The standard InChI is InChI=1S/C13H14ClFN2/c1-7(2)11-6-12(16-3)8-4-9(14)10(15)5-13(8)17-11/h4-7H,1-3H3,(H,16,17). The van der Waals surface area contributed by atoms with Gasteiger partial charge < -0.3 is 5.32 Å². The van der Waals surface area contributed by atoms with Crippen molar-refractivity contribution < 1.29 is 4.39 Å². The Hall–Kier alpha value is -1.35. The zero-order valence-electron chi connectivity index (χ0n) is 10.0. The zero-order valence-corrected chi connectivity index (χ0v) is 10.8. The van der Waals surface area contributed by atoms with Gasteiger partial charge in [-0.2, -0.15) is 0 Å². The van der Waals surface area contributed by atoms with Crippen molar-refractivity contribution in [1.29, 1.82) is 0 Å². The maximum Gasteiger partial charge on any atom is 0.143 e. The molecule has 0 radical (unpaired) electrons.